The molecule has 0 N–H and O–H groups in total. The second kappa shape index (κ2) is 7.28. The molecule has 0 atom stereocenters. The fraction of sp³-hybridized carbons (Fsp3) is 0.188. The smallest absolute Gasteiger partial charge is 0.292 e. The van der Waals surface area contributed by atoms with Crippen LogP contribution in [0, 0.1) is 11.6 Å². The van der Waals surface area contributed by atoms with E-state index < -0.39 is 17.2 Å². The van der Waals surface area contributed by atoms with E-state index >= 15 is 0 Å². The summed E-state index contributed by atoms with van der Waals surface area (Å²) in [6.07, 6.45) is 3.81. The van der Waals surface area contributed by atoms with Crippen LogP contribution in [0.1, 0.15) is 5.01 Å². The third-order valence-electron chi connectivity index (χ3n) is 3.59. The molecule has 2 aromatic heterocycles. The molecule has 3 rings (SSSR count). The number of thiazole rings is 1. The van der Waals surface area contributed by atoms with Gasteiger partial charge in [-0.25, -0.2) is 13.8 Å². The predicted molar refractivity (Wildman–Crippen MR) is 93.8 cm³/mol. The molecule has 9 heteroatoms. The normalized spacial score (nSPS) is 10.9. The highest BCUT2D eigenvalue weighted by molar-refractivity contribution is 7.09. The van der Waals surface area contributed by atoms with Crippen molar-refractivity contribution in [2.75, 3.05) is 18.5 Å². The third-order valence-corrected chi connectivity index (χ3v) is 4.79. The zero-order valence-corrected chi connectivity index (χ0v) is 14.7. The molecule has 2 heterocycles. The lowest BCUT2D eigenvalue weighted by Gasteiger charge is -2.20. The molecule has 0 saturated carbocycles. The SMILES string of the molecule is CN(CCc1nccs1)c1cnn(-c2ccc(F)cc2F)c(=O)c1Cl. The number of aromatic nitrogens is 3. The van der Waals surface area contributed by atoms with Crippen LogP contribution in [0.2, 0.25) is 5.02 Å². The van der Waals surface area contributed by atoms with Gasteiger partial charge in [-0.15, -0.1) is 11.3 Å². The zero-order valence-electron chi connectivity index (χ0n) is 13.1. The molecule has 0 amide bonds. The Bertz CT molecular complexity index is 946. The average molecular weight is 383 g/mol. The van der Waals surface area contributed by atoms with Gasteiger partial charge in [-0.1, -0.05) is 11.6 Å². The molecule has 0 spiro atoms. The third kappa shape index (κ3) is 3.69. The molecule has 5 nitrogen and oxygen atoms in total. The Balaban J connectivity index is 1.88. The fourth-order valence-electron chi connectivity index (χ4n) is 2.28. The van der Waals surface area contributed by atoms with E-state index in [0.29, 0.717) is 24.7 Å². The van der Waals surface area contributed by atoms with Crippen molar-refractivity contribution in [1.82, 2.24) is 14.8 Å². The Morgan fingerprint density at radius 1 is 1.36 bits per heavy atom. The van der Waals surface area contributed by atoms with E-state index in [1.807, 2.05) is 5.38 Å². The summed E-state index contributed by atoms with van der Waals surface area (Å²) in [4.78, 5) is 18.4. The van der Waals surface area contributed by atoms with Crippen LogP contribution in [0.5, 0.6) is 0 Å². The Labute approximate surface area is 151 Å². The van der Waals surface area contributed by atoms with Crippen LogP contribution < -0.4 is 10.5 Å². The molecular weight excluding hydrogens is 370 g/mol. The molecule has 0 fully saturated rings. The lowest BCUT2D eigenvalue weighted by Crippen LogP contribution is -2.28. The average Bonchev–Trinajstić information content (AvgIpc) is 3.09. The van der Waals surface area contributed by atoms with Gasteiger partial charge in [0.2, 0.25) is 0 Å². The van der Waals surface area contributed by atoms with E-state index in [2.05, 4.69) is 10.1 Å². The van der Waals surface area contributed by atoms with Crippen molar-refractivity contribution in [3.63, 3.8) is 0 Å². The fourth-order valence-corrected chi connectivity index (χ4v) is 3.16. The van der Waals surface area contributed by atoms with Crippen LogP contribution in [0.15, 0.2) is 40.8 Å². The van der Waals surface area contributed by atoms with Crippen LogP contribution in [-0.4, -0.2) is 28.4 Å². The van der Waals surface area contributed by atoms with Crippen LogP contribution in [0.4, 0.5) is 14.5 Å². The maximum absolute atomic E-state index is 13.9. The Hall–Kier alpha value is -2.32. The summed E-state index contributed by atoms with van der Waals surface area (Å²) in [5.41, 5.74) is -0.405. The molecule has 0 aliphatic rings. The predicted octanol–water partition coefficient (Wildman–Crippen LogP) is 3.30. The number of hydrogen-bond donors (Lipinski definition) is 0. The van der Waals surface area contributed by atoms with Gasteiger partial charge >= 0.3 is 0 Å². The van der Waals surface area contributed by atoms with E-state index in [-0.39, 0.29) is 10.7 Å². The number of hydrogen-bond acceptors (Lipinski definition) is 5. The number of anilines is 1. The second-order valence-corrected chi connectivity index (χ2v) is 6.61. The summed E-state index contributed by atoms with van der Waals surface area (Å²) in [5, 5.41) is 6.75. The molecule has 130 valence electrons. The van der Waals surface area contributed by atoms with Crippen molar-refractivity contribution in [3.8, 4) is 5.69 Å². The number of halogens is 3. The highest BCUT2D eigenvalue weighted by Crippen LogP contribution is 2.22. The lowest BCUT2D eigenvalue weighted by molar-refractivity contribution is 0.570. The molecule has 1 aromatic carbocycles. The van der Waals surface area contributed by atoms with Crippen molar-refractivity contribution < 1.29 is 8.78 Å². The Morgan fingerprint density at radius 3 is 2.84 bits per heavy atom. The Kier molecular flexibility index (Phi) is 5.10. The lowest BCUT2D eigenvalue weighted by atomic mass is 10.3. The standard InChI is InChI=1S/C16H13ClF2N4OS/c1-22(6-4-14-20-5-7-25-14)13-9-21-23(16(24)15(13)17)12-3-2-10(18)8-11(12)19/h2-3,5,7-9H,4,6H2,1H3. The van der Waals surface area contributed by atoms with E-state index in [1.165, 1.54) is 6.20 Å². The molecule has 3 aromatic rings. The summed E-state index contributed by atoms with van der Waals surface area (Å²) in [5.74, 6) is -1.63. The number of benzene rings is 1. The van der Waals surface area contributed by atoms with Crippen molar-refractivity contribution in [2.24, 2.45) is 0 Å². The van der Waals surface area contributed by atoms with Gasteiger partial charge in [-0.2, -0.15) is 9.78 Å². The first kappa shape index (κ1) is 17.5. The summed E-state index contributed by atoms with van der Waals surface area (Å²) < 4.78 is 27.7. The van der Waals surface area contributed by atoms with Gasteiger partial charge in [0.25, 0.3) is 5.56 Å². The van der Waals surface area contributed by atoms with Crippen LogP contribution in [-0.2, 0) is 6.42 Å². The van der Waals surface area contributed by atoms with Crippen LogP contribution in [0.25, 0.3) is 5.69 Å². The number of nitrogens with zero attached hydrogens (tertiary/aromatic N) is 4. The van der Waals surface area contributed by atoms with Gasteiger partial charge in [-0.3, -0.25) is 4.79 Å². The monoisotopic (exact) mass is 382 g/mol. The first-order chi connectivity index (χ1) is 12.0. The molecule has 25 heavy (non-hydrogen) atoms. The second-order valence-electron chi connectivity index (χ2n) is 5.25. The van der Waals surface area contributed by atoms with Gasteiger partial charge in [0.15, 0.2) is 5.82 Å². The van der Waals surface area contributed by atoms with Crippen LogP contribution in [0.3, 0.4) is 0 Å². The van der Waals surface area contributed by atoms with Gasteiger partial charge in [0.05, 0.1) is 16.9 Å². The highest BCUT2D eigenvalue weighted by atomic mass is 35.5. The minimum absolute atomic E-state index is 0.0830. The highest BCUT2D eigenvalue weighted by Gasteiger charge is 2.16. The summed E-state index contributed by atoms with van der Waals surface area (Å²) >= 11 is 7.71. The molecule has 0 unspecified atom stereocenters. The van der Waals surface area contributed by atoms with Crippen molar-refractivity contribution in [1.29, 1.82) is 0 Å². The minimum atomic E-state index is -0.893. The summed E-state index contributed by atoms with van der Waals surface area (Å²) in [6.45, 7) is 0.587. The van der Waals surface area contributed by atoms with Crippen LogP contribution >= 0.6 is 22.9 Å². The van der Waals surface area contributed by atoms with Gasteiger partial charge in [0.1, 0.15) is 16.5 Å². The molecule has 0 aliphatic carbocycles. The number of rotatable bonds is 5. The summed E-state index contributed by atoms with van der Waals surface area (Å²) in [6, 6.07) is 2.88. The molecule has 0 saturated heterocycles. The largest absolute Gasteiger partial charge is 0.372 e. The van der Waals surface area contributed by atoms with Gasteiger partial charge in [-0.05, 0) is 12.1 Å². The van der Waals surface area contributed by atoms with Crippen molar-refractivity contribution in [2.45, 2.75) is 6.42 Å². The quantitative estimate of drug-likeness (QED) is 0.679. The topological polar surface area (TPSA) is 51.0 Å². The molecule has 0 bridgehead atoms. The van der Waals surface area contributed by atoms with E-state index in [4.69, 9.17) is 11.6 Å². The number of likely N-dealkylation sites (N-methyl/N-ethyl adjacent to an activating group) is 1. The van der Waals surface area contributed by atoms with Gasteiger partial charge in [0, 0.05) is 37.7 Å². The molecule has 0 aliphatic heterocycles. The van der Waals surface area contributed by atoms with Crippen molar-refractivity contribution >= 4 is 28.6 Å². The van der Waals surface area contributed by atoms with Gasteiger partial charge < -0.3 is 4.90 Å². The summed E-state index contributed by atoms with van der Waals surface area (Å²) in [7, 11) is 1.78. The van der Waals surface area contributed by atoms with Crippen molar-refractivity contribution in [3.05, 3.63) is 68.0 Å². The first-order valence-electron chi connectivity index (χ1n) is 7.30. The molecular formula is C16H13ClF2N4OS. The zero-order chi connectivity index (χ0) is 18.0. The maximum Gasteiger partial charge on any atom is 0.292 e. The maximum atomic E-state index is 13.9. The Morgan fingerprint density at radius 2 is 2.16 bits per heavy atom. The minimum Gasteiger partial charge on any atom is -0.372 e. The first-order valence-corrected chi connectivity index (χ1v) is 8.56. The molecule has 0 radical (unpaired) electrons. The van der Waals surface area contributed by atoms with E-state index in [0.717, 1.165) is 21.8 Å². The van der Waals surface area contributed by atoms with E-state index in [1.54, 1.807) is 29.5 Å². The van der Waals surface area contributed by atoms with E-state index in [9.17, 15) is 13.6 Å².